The number of aromatic nitrogens is 1. The summed E-state index contributed by atoms with van der Waals surface area (Å²) in [5.41, 5.74) is 8.22. The van der Waals surface area contributed by atoms with Crippen molar-refractivity contribution < 1.29 is 0 Å². The fraction of sp³-hybridized carbons (Fsp3) is 0.286. The van der Waals surface area contributed by atoms with Gasteiger partial charge in [0.2, 0.25) is 0 Å². The summed E-state index contributed by atoms with van der Waals surface area (Å²) in [4.78, 5) is 4.91. The van der Waals surface area contributed by atoms with E-state index in [0.717, 1.165) is 22.1 Å². The zero-order valence-corrected chi connectivity index (χ0v) is 13.9. The highest BCUT2D eigenvalue weighted by Gasteiger charge is 2.17. The Morgan fingerprint density at radius 2 is 2.10 bits per heavy atom. The van der Waals surface area contributed by atoms with Crippen LogP contribution in [0.4, 0.5) is 10.8 Å². The van der Waals surface area contributed by atoms with Crippen LogP contribution >= 0.6 is 35.2 Å². The quantitative estimate of drug-likeness (QED) is 0.817. The number of nitrogens with one attached hydrogen (secondary N) is 1. The molecule has 0 aliphatic rings. The number of thiocarbonyl (C=S) groups is 1. The molecule has 0 saturated carbocycles. The van der Waals surface area contributed by atoms with Gasteiger partial charge in [0.1, 0.15) is 4.99 Å². The van der Waals surface area contributed by atoms with Crippen molar-refractivity contribution in [2.45, 2.75) is 26.2 Å². The van der Waals surface area contributed by atoms with Crippen molar-refractivity contribution in [2.24, 2.45) is 5.73 Å². The lowest BCUT2D eigenvalue weighted by Crippen LogP contribution is -2.11. The number of hydrogen-bond acceptors (Lipinski definition) is 4. The van der Waals surface area contributed by atoms with Gasteiger partial charge in [-0.2, -0.15) is 0 Å². The fourth-order valence-corrected chi connectivity index (χ4v) is 2.86. The number of nitrogens with two attached hydrogens (primary N) is 1. The molecule has 0 atom stereocenters. The zero-order chi connectivity index (χ0) is 14.9. The van der Waals surface area contributed by atoms with E-state index in [1.54, 1.807) is 17.4 Å². The minimum absolute atomic E-state index is 0.0375. The summed E-state index contributed by atoms with van der Waals surface area (Å²) in [6.07, 6.45) is 0. The second-order valence-electron chi connectivity index (χ2n) is 5.47. The van der Waals surface area contributed by atoms with Gasteiger partial charge in [-0.15, -0.1) is 11.3 Å². The second-order valence-corrected chi connectivity index (χ2v) is 7.18. The van der Waals surface area contributed by atoms with E-state index in [4.69, 9.17) is 29.6 Å². The third-order valence-corrected chi connectivity index (χ3v) is 4.07. The average molecular weight is 326 g/mol. The maximum atomic E-state index is 6.22. The van der Waals surface area contributed by atoms with Gasteiger partial charge in [0.15, 0.2) is 5.13 Å². The molecule has 0 unspecified atom stereocenters. The van der Waals surface area contributed by atoms with Gasteiger partial charge < -0.3 is 11.1 Å². The molecule has 1 heterocycles. The number of benzene rings is 1. The Hall–Kier alpha value is -1.17. The molecule has 20 heavy (non-hydrogen) atoms. The molecule has 0 bridgehead atoms. The molecule has 6 heteroatoms. The van der Waals surface area contributed by atoms with Crippen LogP contribution < -0.4 is 11.1 Å². The summed E-state index contributed by atoms with van der Waals surface area (Å²) < 4.78 is 0. The number of nitrogens with zero attached hydrogens (tertiary/aromatic N) is 1. The topological polar surface area (TPSA) is 50.9 Å². The molecule has 2 rings (SSSR count). The third kappa shape index (κ3) is 3.48. The van der Waals surface area contributed by atoms with Gasteiger partial charge in [-0.1, -0.05) is 44.6 Å². The van der Waals surface area contributed by atoms with Gasteiger partial charge in [0.05, 0.1) is 16.4 Å². The average Bonchev–Trinajstić information content (AvgIpc) is 2.80. The maximum Gasteiger partial charge on any atom is 0.187 e. The van der Waals surface area contributed by atoms with E-state index in [9.17, 15) is 0 Å². The van der Waals surface area contributed by atoms with Crippen LogP contribution in [-0.4, -0.2) is 9.97 Å². The molecular weight excluding hydrogens is 310 g/mol. The third-order valence-electron chi connectivity index (χ3n) is 2.77. The summed E-state index contributed by atoms with van der Waals surface area (Å²) >= 11 is 12.7. The largest absolute Gasteiger partial charge is 0.389 e. The van der Waals surface area contributed by atoms with Crippen LogP contribution in [0.3, 0.4) is 0 Å². The van der Waals surface area contributed by atoms with Gasteiger partial charge in [0.25, 0.3) is 0 Å². The second kappa shape index (κ2) is 5.68. The van der Waals surface area contributed by atoms with Crippen LogP contribution in [0.1, 0.15) is 32.0 Å². The first-order valence-corrected chi connectivity index (χ1v) is 7.76. The van der Waals surface area contributed by atoms with E-state index >= 15 is 0 Å². The standard InChI is InChI=1S/C14H16ClN3S2/c1-14(2,3)11-7-20-13(18-11)17-10-5-4-8(12(16)19)6-9(10)15/h4-7H,1-3H3,(H2,16,19)(H,17,18). The smallest absolute Gasteiger partial charge is 0.187 e. The monoisotopic (exact) mass is 325 g/mol. The van der Waals surface area contributed by atoms with Crippen molar-refractivity contribution in [3.8, 4) is 0 Å². The van der Waals surface area contributed by atoms with Crippen LogP contribution in [0.5, 0.6) is 0 Å². The van der Waals surface area contributed by atoms with Crippen molar-refractivity contribution >= 4 is 51.0 Å². The molecule has 0 saturated heterocycles. The summed E-state index contributed by atoms with van der Waals surface area (Å²) in [5.74, 6) is 0. The summed E-state index contributed by atoms with van der Waals surface area (Å²) in [5, 5.41) is 6.67. The zero-order valence-electron chi connectivity index (χ0n) is 11.5. The molecule has 2 aromatic rings. The molecule has 106 valence electrons. The first-order chi connectivity index (χ1) is 9.27. The van der Waals surface area contributed by atoms with Crippen molar-refractivity contribution in [1.29, 1.82) is 0 Å². The Balaban J connectivity index is 2.22. The van der Waals surface area contributed by atoms with Crippen molar-refractivity contribution in [2.75, 3.05) is 5.32 Å². The molecule has 1 aromatic heterocycles. The summed E-state index contributed by atoms with van der Waals surface area (Å²) in [7, 11) is 0. The van der Waals surface area contributed by atoms with Gasteiger partial charge in [-0.05, 0) is 18.2 Å². The predicted molar refractivity (Wildman–Crippen MR) is 91.4 cm³/mol. The van der Waals surface area contributed by atoms with Gasteiger partial charge >= 0.3 is 0 Å². The molecule has 0 amide bonds. The predicted octanol–water partition coefficient (Wildman–Crippen LogP) is 4.47. The number of hydrogen-bond donors (Lipinski definition) is 2. The first kappa shape index (κ1) is 15.2. The number of thiazole rings is 1. The van der Waals surface area contributed by atoms with Crippen LogP contribution in [-0.2, 0) is 5.41 Å². The van der Waals surface area contributed by atoms with Crippen molar-refractivity contribution in [3.63, 3.8) is 0 Å². The van der Waals surface area contributed by atoms with Gasteiger partial charge in [-0.3, -0.25) is 0 Å². The normalized spacial score (nSPS) is 11.4. The first-order valence-electron chi connectivity index (χ1n) is 6.10. The van der Waals surface area contributed by atoms with Crippen molar-refractivity contribution in [1.82, 2.24) is 4.98 Å². The molecule has 0 fully saturated rings. The number of rotatable bonds is 3. The van der Waals surface area contributed by atoms with E-state index < -0.39 is 0 Å². The Morgan fingerprint density at radius 3 is 2.60 bits per heavy atom. The molecule has 0 aliphatic heterocycles. The summed E-state index contributed by atoms with van der Waals surface area (Å²) in [6.45, 7) is 6.40. The molecule has 3 N–H and O–H groups in total. The molecular formula is C14H16ClN3S2. The summed E-state index contributed by atoms with van der Waals surface area (Å²) in [6, 6.07) is 5.45. The Morgan fingerprint density at radius 1 is 1.40 bits per heavy atom. The van der Waals surface area contributed by atoms with E-state index in [-0.39, 0.29) is 5.41 Å². The fourth-order valence-electron chi connectivity index (χ4n) is 1.56. The maximum absolute atomic E-state index is 6.22. The van der Waals surface area contributed by atoms with Crippen LogP contribution in [0.25, 0.3) is 0 Å². The lowest BCUT2D eigenvalue weighted by molar-refractivity contribution is 0.573. The minimum atomic E-state index is 0.0375. The van der Waals surface area contributed by atoms with Gasteiger partial charge in [0, 0.05) is 16.4 Å². The molecule has 0 spiro atoms. The lowest BCUT2D eigenvalue weighted by Gasteiger charge is -2.14. The highest BCUT2D eigenvalue weighted by molar-refractivity contribution is 7.80. The molecule has 0 aliphatic carbocycles. The van der Waals surface area contributed by atoms with E-state index in [2.05, 4.69) is 36.5 Å². The minimum Gasteiger partial charge on any atom is -0.389 e. The van der Waals surface area contributed by atoms with E-state index in [1.165, 1.54) is 0 Å². The van der Waals surface area contributed by atoms with E-state index in [0.29, 0.717) is 10.0 Å². The van der Waals surface area contributed by atoms with E-state index in [1.807, 2.05) is 12.1 Å². The van der Waals surface area contributed by atoms with Crippen molar-refractivity contribution in [3.05, 3.63) is 39.9 Å². The number of halogens is 1. The van der Waals surface area contributed by atoms with Gasteiger partial charge in [-0.25, -0.2) is 4.98 Å². The Bertz CT molecular complexity index is 644. The highest BCUT2D eigenvalue weighted by atomic mass is 35.5. The van der Waals surface area contributed by atoms with Crippen LogP contribution in [0.2, 0.25) is 5.02 Å². The SMILES string of the molecule is CC(C)(C)c1csc(Nc2ccc(C(N)=S)cc2Cl)n1. The Labute approximate surface area is 133 Å². The number of anilines is 2. The Kier molecular flexibility index (Phi) is 4.32. The molecule has 0 radical (unpaired) electrons. The highest BCUT2D eigenvalue weighted by Crippen LogP contribution is 2.31. The lowest BCUT2D eigenvalue weighted by atomic mass is 9.93. The van der Waals surface area contributed by atoms with Crippen LogP contribution in [0.15, 0.2) is 23.6 Å². The molecule has 3 nitrogen and oxygen atoms in total. The molecule has 1 aromatic carbocycles. The van der Waals surface area contributed by atoms with Crippen LogP contribution in [0, 0.1) is 0 Å².